The van der Waals surface area contributed by atoms with E-state index in [1.165, 1.54) is 5.23 Å². The minimum Gasteiger partial charge on any atom is -0.464 e. The molecule has 0 aromatic rings. The lowest BCUT2D eigenvalue weighted by molar-refractivity contribution is -0.368. The van der Waals surface area contributed by atoms with Gasteiger partial charge in [0, 0.05) is 5.92 Å². The highest BCUT2D eigenvalue weighted by Gasteiger charge is 2.76. The molecule has 3 aliphatic rings. The van der Waals surface area contributed by atoms with Crippen LogP contribution in [0.1, 0.15) is 20.8 Å². The van der Waals surface area contributed by atoms with E-state index in [1.807, 2.05) is 13.8 Å². The Labute approximate surface area is 99.7 Å². The Morgan fingerprint density at radius 1 is 1.47 bits per heavy atom. The van der Waals surface area contributed by atoms with Crippen molar-refractivity contribution in [2.24, 2.45) is 5.92 Å². The Morgan fingerprint density at radius 3 is 2.94 bits per heavy atom. The Hall–Kier alpha value is -0.690. The summed E-state index contributed by atoms with van der Waals surface area (Å²) in [6, 6.07) is 0. The summed E-state index contributed by atoms with van der Waals surface area (Å²) in [5.74, 6) is -0.330. The van der Waals surface area contributed by atoms with Crippen LogP contribution in [0.15, 0.2) is 0 Å². The van der Waals surface area contributed by atoms with Gasteiger partial charge in [-0.05, 0) is 26.0 Å². The Balaban J connectivity index is 2.03. The van der Waals surface area contributed by atoms with E-state index in [0.717, 1.165) is 0 Å². The average Bonchev–Trinajstić information content (AvgIpc) is 2.83. The maximum Gasteiger partial charge on any atom is 0.334 e. The van der Waals surface area contributed by atoms with E-state index in [-0.39, 0.29) is 18.0 Å². The normalized spacial score (nSPS) is 42.8. The van der Waals surface area contributed by atoms with Gasteiger partial charge in [-0.2, -0.15) is 0 Å². The summed E-state index contributed by atoms with van der Waals surface area (Å²) >= 11 is 0. The first-order valence-electron chi connectivity index (χ1n) is 5.94. The molecule has 6 heteroatoms. The molecule has 0 aliphatic carbocycles. The highest BCUT2D eigenvalue weighted by atomic mass is 17.0. The fourth-order valence-corrected chi connectivity index (χ4v) is 3.05. The summed E-state index contributed by atoms with van der Waals surface area (Å²) in [5, 5.41) is 1.31. The molecule has 3 saturated heterocycles. The summed E-state index contributed by atoms with van der Waals surface area (Å²) in [6.45, 7) is 6.86. The van der Waals surface area contributed by atoms with Gasteiger partial charge in [-0.15, -0.1) is 0 Å². The molecule has 3 atom stereocenters. The zero-order valence-corrected chi connectivity index (χ0v) is 10.3. The second-order valence-corrected chi connectivity index (χ2v) is 5.20. The summed E-state index contributed by atoms with van der Waals surface area (Å²) < 4.78 is 10.9. The zero-order valence-electron chi connectivity index (χ0n) is 10.3. The number of esters is 1. The molecular formula is C11H17NO5. The smallest absolute Gasteiger partial charge is 0.334 e. The van der Waals surface area contributed by atoms with Crippen LogP contribution in [0.3, 0.4) is 0 Å². The molecular weight excluding hydrogens is 226 g/mol. The molecule has 0 aromatic heterocycles. The minimum absolute atomic E-state index is 0.0201. The van der Waals surface area contributed by atoms with Crippen LogP contribution in [-0.2, 0) is 23.9 Å². The molecule has 0 aromatic carbocycles. The zero-order chi connectivity index (χ0) is 12.3. The molecule has 3 fully saturated rings. The molecule has 3 aliphatic heterocycles. The van der Waals surface area contributed by atoms with E-state index in [9.17, 15) is 4.79 Å². The second kappa shape index (κ2) is 3.41. The van der Waals surface area contributed by atoms with E-state index < -0.39 is 11.1 Å². The number of ether oxygens (including phenoxy) is 2. The molecule has 3 heterocycles. The monoisotopic (exact) mass is 243 g/mol. The third kappa shape index (κ3) is 1.21. The van der Waals surface area contributed by atoms with Gasteiger partial charge in [0.1, 0.15) is 11.7 Å². The molecule has 0 amide bonds. The lowest BCUT2D eigenvalue weighted by atomic mass is 9.79. The van der Waals surface area contributed by atoms with Crippen molar-refractivity contribution >= 4 is 5.97 Å². The van der Waals surface area contributed by atoms with Gasteiger partial charge in [0.05, 0.1) is 19.8 Å². The van der Waals surface area contributed by atoms with Crippen LogP contribution < -0.4 is 0 Å². The van der Waals surface area contributed by atoms with E-state index in [2.05, 4.69) is 0 Å². The van der Waals surface area contributed by atoms with E-state index in [4.69, 9.17) is 19.1 Å². The van der Waals surface area contributed by atoms with Crippen LogP contribution in [0.5, 0.6) is 0 Å². The second-order valence-electron chi connectivity index (χ2n) is 5.20. The molecule has 0 bridgehead atoms. The first kappa shape index (κ1) is 11.4. The first-order chi connectivity index (χ1) is 8.03. The third-order valence-corrected chi connectivity index (χ3v) is 3.73. The minimum atomic E-state index is -0.917. The summed E-state index contributed by atoms with van der Waals surface area (Å²) in [4.78, 5) is 23.4. The van der Waals surface area contributed by atoms with Gasteiger partial charge in [-0.1, -0.05) is 0 Å². The van der Waals surface area contributed by atoms with Crippen molar-refractivity contribution in [1.82, 2.24) is 5.23 Å². The van der Waals surface area contributed by atoms with E-state index >= 15 is 0 Å². The summed E-state index contributed by atoms with van der Waals surface area (Å²) in [5.41, 5.74) is -1.50. The van der Waals surface area contributed by atoms with E-state index in [0.29, 0.717) is 19.8 Å². The molecule has 0 radical (unpaired) electrons. The highest BCUT2D eigenvalue weighted by Crippen LogP contribution is 2.53. The molecule has 0 spiro atoms. The predicted molar refractivity (Wildman–Crippen MR) is 55.5 cm³/mol. The largest absolute Gasteiger partial charge is 0.464 e. The molecule has 0 saturated carbocycles. The number of hydrogen-bond acceptors (Lipinski definition) is 6. The Kier molecular flexibility index (Phi) is 2.29. The number of hydrogen-bond donors (Lipinski definition) is 0. The number of carbonyl (C=O) groups excluding carboxylic acids is 1. The van der Waals surface area contributed by atoms with Gasteiger partial charge in [0.2, 0.25) is 5.54 Å². The fourth-order valence-electron chi connectivity index (χ4n) is 3.05. The van der Waals surface area contributed by atoms with Crippen LogP contribution in [0.4, 0.5) is 0 Å². The van der Waals surface area contributed by atoms with Crippen molar-refractivity contribution in [3.63, 3.8) is 0 Å². The van der Waals surface area contributed by atoms with Crippen LogP contribution in [-0.4, -0.2) is 48.3 Å². The number of nitrogens with zero attached hydrogens (tertiary/aromatic N) is 1. The van der Waals surface area contributed by atoms with Gasteiger partial charge in [0.25, 0.3) is 0 Å². The molecule has 0 N–H and O–H groups in total. The van der Waals surface area contributed by atoms with Crippen LogP contribution in [0.25, 0.3) is 0 Å². The summed E-state index contributed by atoms with van der Waals surface area (Å²) in [7, 11) is 0. The lowest BCUT2D eigenvalue weighted by Gasteiger charge is -2.28. The SMILES string of the molecule is CCOC(=O)[C@@]12[C@H]3CO[C@@H]1C(C)(C)ON2OC3. The quantitative estimate of drug-likeness (QED) is 0.649. The standard InChI is InChI=1S/C11H17NO5/c1-4-14-9(13)11-7-5-15-8(11)10(2,3)17-12(11)16-6-7/h7-8H,4-6H2,1-3H3/t7-,8+,11+/m0/s1. The maximum absolute atomic E-state index is 12.3. The van der Waals surface area contributed by atoms with Crippen molar-refractivity contribution in [2.75, 3.05) is 19.8 Å². The number of hydroxylamine groups is 2. The predicted octanol–water partition coefficient (Wildman–Crippen LogP) is 0.274. The maximum atomic E-state index is 12.3. The van der Waals surface area contributed by atoms with Crippen molar-refractivity contribution < 1.29 is 23.9 Å². The highest BCUT2D eigenvalue weighted by molar-refractivity contribution is 5.83. The van der Waals surface area contributed by atoms with Crippen LogP contribution in [0.2, 0.25) is 0 Å². The van der Waals surface area contributed by atoms with Gasteiger partial charge in [-0.3, -0.25) is 9.68 Å². The molecule has 0 unspecified atom stereocenters. The van der Waals surface area contributed by atoms with Crippen LogP contribution in [0, 0.1) is 5.92 Å². The topological polar surface area (TPSA) is 57.2 Å². The molecule has 17 heavy (non-hydrogen) atoms. The van der Waals surface area contributed by atoms with Crippen LogP contribution >= 0.6 is 0 Å². The van der Waals surface area contributed by atoms with Gasteiger partial charge < -0.3 is 9.47 Å². The third-order valence-electron chi connectivity index (χ3n) is 3.73. The first-order valence-corrected chi connectivity index (χ1v) is 5.94. The van der Waals surface area contributed by atoms with Gasteiger partial charge >= 0.3 is 5.97 Å². The lowest BCUT2D eigenvalue weighted by Crippen LogP contribution is -2.56. The van der Waals surface area contributed by atoms with Gasteiger partial charge in [-0.25, -0.2) is 4.79 Å². The van der Waals surface area contributed by atoms with Crippen molar-refractivity contribution in [1.29, 1.82) is 0 Å². The number of carbonyl (C=O) groups is 1. The van der Waals surface area contributed by atoms with Crippen molar-refractivity contribution in [3.8, 4) is 0 Å². The van der Waals surface area contributed by atoms with Crippen molar-refractivity contribution in [3.05, 3.63) is 0 Å². The van der Waals surface area contributed by atoms with E-state index in [1.54, 1.807) is 6.92 Å². The number of rotatable bonds is 2. The molecule has 6 nitrogen and oxygen atoms in total. The fraction of sp³-hybridized carbons (Fsp3) is 0.909. The van der Waals surface area contributed by atoms with Crippen molar-refractivity contribution in [2.45, 2.75) is 38.0 Å². The Morgan fingerprint density at radius 2 is 2.24 bits per heavy atom. The summed E-state index contributed by atoms with van der Waals surface area (Å²) in [6.07, 6.45) is -0.346. The molecule has 96 valence electrons. The van der Waals surface area contributed by atoms with Gasteiger partial charge in [0.15, 0.2) is 0 Å². The molecule has 3 rings (SSSR count). The average molecular weight is 243 g/mol. The Bertz CT molecular complexity index is 358.